The van der Waals surface area contributed by atoms with Gasteiger partial charge < -0.3 is 19.4 Å². The first-order valence-electron chi connectivity index (χ1n) is 9.08. The summed E-state index contributed by atoms with van der Waals surface area (Å²) in [6, 6.07) is 8.69. The molecule has 0 aliphatic carbocycles. The predicted octanol–water partition coefficient (Wildman–Crippen LogP) is 3.86. The summed E-state index contributed by atoms with van der Waals surface area (Å²) in [5, 5.41) is 2.85. The molecule has 0 saturated heterocycles. The average molecular weight is 469 g/mol. The molecule has 0 unspecified atom stereocenters. The Labute approximate surface area is 184 Å². The van der Waals surface area contributed by atoms with Crippen molar-refractivity contribution in [2.24, 2.45) is 0 Å². The highest BCUT2D eigenvalue weighted by atomic mass is 35.5. The van der Waals surface area contributed by atoms with Gasteiger partial charge in [0.15, 0.2) is 6.61 Å². The zero-order valence-corrected chi connectivity index (χ0v) is 17.3. The average Bonchev–Trinajstić information content (AvgIpc) is 2.74. The fourth-order valence-electron chi connectivity index (χ4n) is 2.88. The molecule has 1 aromatic heterocycles. The van der Waals surface area contributed by atoms with E-state index in [9.17, 15) is 27.6 Å². The number of alkyl halides is 3. The van der Waals surface area contributed by atoms with Crippen LogP contribution in [0.25, 0.3) is 10.8 Å². The van der Waals surface area contributed by atoms with E-state index in [4.69, 9.17) is 16.3 Å². The normalized spacial score (nSPS) is 11.3. The Kier molecular flexibility index (Phi) is 6.73. The van der Waals surface area contributed by atoms with E-state index in [0.717, 1.165) is 16.7 Å². The van der Waals surface area contributed by atoms with Crippen LogP contribution in [0.15, 0.2) is 53.5 Å². The highest BCUT2D eigenvalue weighted by molar-refractivity contribution is 6.33. The number of pyridine rings is 1. The van der Waals surface area contributed by atoms with E-state index in [1.54, 1.807) is 12.1 Å². The molecule has 0 spiro atoms. The fourth-order valence-corrected chi connectivity index (χ4v) is 3.04. The van der Waals surface area contributed by atoms with Crippen molar-refractivity contribution in [3.8, 4) is 5.75 Å². The van der Waals surface area contributed by atoms with Crippen LogP contribution in [0.3, 0.4) is 0 Å². The smallest absolute Gasteiger partial charge is 0.416 e. The maximum atomic E-state index is 12.9. The molecule has 1 heterocycles. The van der Waals surface area contributed by atoms with E-state index in [2.05, 4.69) is 10.1 Å². The van der Waals surface area contributed by atoms with Gasteiger partial charge in [0, 0.05) is 11.6 Å². The minimum Gasteiger partial charge on any atom is -0.481 e. The maximum absolute atomic E-state index is 12.9. The number of esters is 1. The molecule has 7 nitrogen and oxygen atoms in total. The molecule has 1 N–H and O–H groups in total. The Bertz CT molecular complexity index is 1240. The number of hydrogen-bond acceptors (Lipinski definition) is 5. The van der Waals surface area contributed by atoms with Gasteiger partial charge in [-0.15, -0.1) is 0 Å². The van der Waals surface area contributed by atoms with Crippen LogP contribution >= 0.6 is 11.6 Å². The lowest BCUT2D eigenvalue weighted by Gasteiger charge is -2.13. The van der Waals surface area contributed by atoms with Crippen LogP contribution in [-0.4, -0.2) is 30.2 Å². The molecule has 1 amide bonds. The van der Waals surface area contributed by atoms with Gasteiger partial charge in [-0.2, -0.15) is 13.2 Å². The lowest BCUT2D eigenvalue weighted by molar-refractivity contribution is -0.143. The zero-order chi connectivity index (χ0) is 23.5. The van der Waals surface area contributed by atoms with Crippen LogP contribution in [0.4, 0.5) is 18.9 Å². The number of carbonyl (C=O) groups is 2. The molecule has 0 radical (unpaired) electrons. The molecule has 2 aromatic carbocycles. The first-order valence-corrected chi connectivity index (χ1v) is 9.46. The highest BCUT2D eigenvalue weighted by Gasteiger charge is 2.31. The molecule has 168 valence electrons. The Morgan fingerprint density at radius 1 is 1.12 bits per heavy atom. The van der Waals surface area contributed by atoms with Gasteiger partial charge in [0.25, 0.3) is 5.56 Å². The van der Waals surface area contributed by atoms with Crippen molar-refractivity contribution in [3.63, 3.8) is 0 Å². The molecule has 0 aliphatic heterocycles. The van der Waals surface area contributed by atoms with Gasteiger partial charge in [0.05, 0.1) is 28.8 Å². The van der Waals surface area contributed by atoms with Crippen LogP contribution in [0.1, 0.15) is 5.56 Å². The van der Waals surface area contributed by atoms with Gasteiger partial charge in [0.2, 0.25) is 5.91 Å². The largest absolute Gasteiger partial charge is 0.481 e. The van der Waals surface area contributed by atoms with Gasteiger partial charge in [-0.1, -0.05) is 17.7 Å². The van der Waals surface area contributed by atoms with Crippen LogP contribution in [0.2, 0.25) is 5.02 Å². The summed E-state index contributed by atoms with van der Waals surface area (Å²) in [7, 11) is 1.21. The molecule has 11 heteroatoms. The van der Waals surface area contributed by atoms with Crippen molar-refractivity contribution in [3.05, 3.63) is 69.6 Å². The number of amides is 1. The van der Waals surface area contributed by atoms with Crippen molar-refractivity contribution in [2.75, 3.05) is 19.0 Å². The molecule has 3 rings (SSSR count). The second-order valence-electron chi connectivity index (χ2n) is 6.57. The number of aromatic nitrogens is 1. The number of hydrogen-bond donors (Lipinski definition) is 1. The number of anilines is 1. The van der Waals surface area contributed by atoms with Crippen molar-refractivity contribution >= 4 is 39.9 Å². The monoisotopic (exact) mass is 468 g/mol. The number of benzene rings is 2. The minimum absolute atomic E-state index is 0.0791. The number of carbonyl (C=O) groups excluding carboxylic acids is 2. The maximum Gasteiger partial charge on any atom is 0.416 e. The van der Waals surface area contributed by atoms with E-state index in [0.29, 0.717) is 11.5 Å². The van der Waals surface area contributed by atoms with Gasteiger partial charge in [-0.05, 0) is 36.4 Å². The summed E-state index contributed by atoms with van der Waals surface area (Å²) >= 11 is 5.89. The predicted molar refractivity (Wildman–Crippen MR) is 111 cm³/mol. The standard InChI is InChI=1S/C21H16ClF3N2O5/c1-31-19(29)11-32-17-4-2-3-14-13(17)7-8-27(20(14)30)10-18(28)26-16-9-12(21(23,24)25)5-6-15(16)22/h2-9H,10-11H2,1H3,(H,26,28). The van der Waals surface area contributed by atoms with E-state index in [1.165, 1.54) is 25.4 Å². The lowest BCUT2D eigenvalue weighted by atomic mass is 10.1. The van der Waals surface area contributed by atoms with Gasteiger partial charge in [-0.3, -0.25) is 9.59 Å². The SMILES string of the molecule is COC(=O)COc1cccc2c(=O)n(CC(=O)Nc3cc(C(F)(F)F)ccc3Cl)ccc12. The molecular formula is C21H16ClF3N2O5. The Hall–Kier alpha value is -3.53. The topological polar surface area (TPSA) is 86.6 Å². The molecule has 0 bridgehead atoms. The van der Waals surface area contributed by atoms with Crippen LogP contribution in [-0.2, 0) is 27.0 Å². The van der Waals surface area contributed by atoms with Crippen molar-refractivity contribution in [2.45, 2.75) is 12.7 Å². The molecule has 0 fully saturated rings. The number of methoxy groups -OCH3 is 1. The summed E-state index contributed by atoms with van der Waals surface area (Å²) in [6.45, 7) is -0.812. The molecule has 3 aromatic rings. The number of halogens is 4. The lowest BCUT2D eigenvalue weighted by Crippen LogP contribution is -2.27. The summed E-state index contributed by atoms with van der Waals surface area (Å²) in [5.74, 6) is -1.07. The van der Waals surface area contributed by atoms with E-state index in [-0.39, 0.29) is 28.5 Å². The van der Waals surface area contributed by atoms with Crippen molar-refractivity contribution in [1.29, 1.82) is 0 Å². The zero-order valence-electron chi connectivity index (χ0n) is 16.5. The Morgan fingerprint density at radius 2 is 1.88 bits per heavy atom. The van der Waals surface area contributed by atoms with Crippen LogP contribution < -0.4 is 15.6 Å². The van der Waals surface area contributed by atoms with Crippen LogP contribution in [0, 0.1) is 0 Å². The third-order valence-electron chi connectivity index (χ3n) is 4.43. The molecule has 0 aliphatic rings. The van der Waals surface area contributed by atoms with Gasteiger partial charge >= 0.3 is 12.1 Å². The Morgan fingerprint density at radius 3 is 2.56 bits per heavy atom. The third-order valence-corrected chi connectivity index (χ3v) is 4.76. The van der Waals surface area contributed by atoms with E-state index < -0.39 is 35.7 Å². The van der Waals surface area contributed by atoms with Crippen molar-refractivity contribution < 1.29 is 32.2 Å². The number of rotatable bonds is 6. The molecular weight excluding hydrogens is 453 g/mol. The first kappa shape index (κ1) is 23.1. The first-order chi connectivity index (χ1) is 15.1. The summed E-state index contributed by atoms with van der Waals surface area (Å²) < 4.78 is 49.7. The molecule has 0 atom stereocenters. The van der Waals surface area contributed by atoms with Gasteiger partial charge in [-0.25, -0.2) is 4.79 Å². The second kappa shape index (κ2) is 9.31. The van der Waals surface area contributed by atoms with E-state index >= 15 is 0 Å². The fraction of sp³-hybridized carbons (Fsp3) is 0.190. The van der Waals surface area contributed by atoms with E-state index in [1.807, 2.05) is 0 Å². The Balaban J connectivity index is 1.82. The van der Waals surface area contributed by atoms with Crippen LogP contribution in [0.5, 0.6) is 5.75 Å². The number of nitrogens with zero attached hydrogens (tertiary/aromatic N) is 1. The van der Waals surface area contributed by atoms with Crippen molar-refractivity contribution in [1.82, 2.24) is 4.57 Å². The highest BCUT2D eigenvalue weighted by Crippen LogP contribution is 2.33. The molecule has 0 saturated carbocycles. The summed E-state index contributed by atoms with van der Waals surface area (Å²) in [6.07, 6.45) is -3.27. The van der Waals surface area contributed by atoms with Gasteiger partial charge in [0.1, 0.15) is 12.3 Å². The number of fused-ring (bicyclic) bond motifs is 1. The number of ether oxygens (including phenoxy) is 2. The quantitative estimate of drug-likeness (QED) is 0.555. The number of nitrogens with one attached hydrogen (secondary N) is 1. The third kappa shape index (κ3) is 5.20. The summed E-state index contributed by atoms with van der Waals surface area (Å²) in [4.78, 5) is 36.4. The summed E-state index contributed by atoms with van der Waals surface area (Å²) in [5.41, 5.74) is -1.73. The minimum atomic E-state index is -4.60. The molecule has 32 heavy (non-hydrogen) atoms. The second-order valence-corrected chi connectivity index (χ2v) is 6.98.